The predicted molar refractivity (Wildman–Crippen MR) is 66.8 cm³/mol. The number of nitrogens with two attached hydrogens (primary N) is 2. The maximum Gasteiger partial charge on any atom is 0.250 e. The van der Waals surface area contributed by atoms with Gasteiger partial charge in [0.25, 0.3) is 5.91 Å². The van der Waals surface area contributed by atoms with E-state index in [-0.39, 0.29) is 0 Å². The summed E-state index contributed by atoms with van der Waals surface area (Å²) < 4.78 is 10.8. The molecule has 6 heteroatoms. The van der Waals surface area contributed by atoms with E-state index in [2.05, 4.69) is 5.32 Å². The zero-order valence-corrected chi connectivity index (χ0v) is 9.84. The Morgan fingerprint density at radius 1 is 1.50 bits per heavy atom. The fourth-order valence-corrected chi connectivity index (χ4v) is 1.61. The third-order valence-electron chi connectivity index (χ3n) is 2.04. The van der Waals surface area contributed by atoms with Crippen LogP contribution >= 0.6 is 0 Å². The summed E-state index contributed by atoms with van der Waals surface area (Å²) in [5.41, 5.74) is 12.2. The number of anilines is 2. The van der Waals surface area contributed by atoms with E-state index in [1.54, 1.807) is 24.5 Å². The van der Waals surface area contributed by atoms with Gasteiger partial charge in [0, 0.05) is 40.7 Å². The molecule has 1 aromatic carbocycles. The molecule has 0 spiro atoms. The van der Waals surface area contributed by atoms with Crippen molar-refractivity contribution in [3.8, 4) is 0 Å². The average Bonchev–Trinajstić information content (AvgIpc) is 2.19. The molecule has 0 aliphatic heterocycles. The molecule has 5 N–H and O–H groups in total. The highest BCUT2D eigenvalue weighted by Gasteiger charge is 2.06. The molecule has 0 saturated carbocycles. The lowest BCUT2D eigenvalue weighted by Crippen LogP contribution is -2.15. The van der Waals surface area contributed by atoms with Gasteiger partial charge in [0.15, 0.2) is 0 Å². The van der Waals surface area contributed by atoms with Crippen LogP contribution in [0.3, 0.4) is 0 Å². The van der Waals surface area contributed by atoms with Gasteiger partial charge in [0.1, 0.15) is 0 Å². The van der Waals surface area contributed by atoms with Crippen molar-refractivity contribution in [3.05, 3.63) is 23.8 Å². The average molecular weight is 241 g/mol. The number of primary amides is 1. The van der Waals surface area contributed by atoms with Crippen LogP contribution in [0.4, 0.5) is 11.4 Å². The Morgan fingerprint density at radius 2 is 2.19 bits per heavy atom. The molecule has 0 aliphatic rings. The Labute approximate surface area is 96.7 Å². The third-order valence-corrected chi connectivity index (χ3v) is 2.82. The highest BCUT2D eigenvalue weighted by Crippen LogP contribution is 2.16. The van der Waals surface area contributed by atoms with Crippen molar-refractivity contribution in [2.24, 2.45) is 5.73 Å². The highest BCUT2D eigenvalue weighted by atomic mass is 32.2. The van der Waals surface area contributed by atoms with E-state index in [1.807, 2.05) is 0 Å². The van der Waals surface area contributed by atoms with Crippen LogP contribution in [-0.4, -0.2) is 28.7 Å². The Balaban J connectivity index is 2.71. The molecular formula is C10H15N3O2S. The molecule has 0 heterocycles. The first-order chi connectivity index (χ1) is 7.50. The Bertz CT molecular complexity index is 421. The largest absolute Gasteiger partial charge is 0.398 e. The van der Waals surface area contributed by atoms with E-state index in [9.17, 15) is 9.00 Å². The summed E-state index contributed by atoms with van der Waals surface area (Å²) in [6.45, 7) is 0.575. The molecule has 0 aromatic heterocycles. The van der Waals surface area contributed by atoms with Crippen molar-refractivity contribution in [1.29, 1.82) is 0 Å². The van der Waals surface area contributed by atoms with Crippen LogP contribution in [0.15, 0.2) is 18.2 Å². The van der Waals surface area contributed by atoms with Crippen LogP contribution in [0.1, 0.15) is 10.4 Å². The van der Waals surface area contributed by atoms with Crippen LogP contribution < -0.4 is 16.8 Å². The molecule has 16 heavy (non-hydrogen) atoms. The second-order valence-electron chi connectivity index (χ2n) is 3.37. The SMILES string of the molecule is CS(=O)CCNc1ccc(N)c(C(N)=O)c1. The maximum absolute atomic E-state index is 11.0. The molecule has 0 fully saturated rings. The summed E-state index contributed by atoms with van der Waals surface area (Å²) in [6, 6.07) is 4.96. The molecule has 0 radical (unpaired) electrons. The lowest BCUT2D eigenvalue weighted by molar-refractivity contribution is 0.100. The summed E-state index contributed by atoms with van der Waals surface area (Å²) >= 11 is 0. The van der Waals surface area contributed by atoms with Crippen LogP contribution in [-0.2, 0) is 10.8 Å². The Hall–Kier alpha value is -1.56. The normalized spacial score (nSPS) is 12.1. The van der Waals surface area contributed by atoms with E-state index in [0.29, 0.717) is 23.5 Å². The fourth-order valence-electron chi connectivity index (χ4n) is 1.22. The lowest BCUT2D eigenvalue weighted by atomic mass is 10.1. The van der Waals surface area contributed by atoms with E-state index < -0.39 is 16.7 Å². The number of nitrogens with one attached hydrogen (secondary N) is 1. The Morgan fingerprint density at radius 3 is 2.75 bits per heavy atom. The van der Waals surface area contributed by atoms with Gasteiger partial charge in [-0.1, -0.05) is 0 Å². The van der Waals surface area contributed by atoms with Crippen LogP contribution in [0, 0.1) is 0 Å². The van der Waals surface area contributed by atoms with E-state index >= 15 is 0 Å². The van der Waals surface area contributed by atoms with E-state index in [1.165, 1.54) is 0 Å². The molecule has 1 amide bonds. The van der Waals surface area contributed by atoms with Gasteiger partial charge in [0.05, 0.1) is 5.56 Å². The van der Waals surface area contributed by atoms with Crippen molar-refractivity contribution in [2.45, 2.75) is 0 Å². The number of benzene rings is 1. The lowest BCUT2D eigenvalue weighted by Gasteiger charge is -2.08. The third kappa shape index (κ3) is 3.54. The van der Waals surface area contributed by atoms with Gasteiger partial charge in [-0.2, -0.15) is 0 Å². The van der Waals surface area contributed by atoms with Gasteiger partial charge in [-0.25, -0.2) is 0 Å². The van der Waals surface area contributed by atoms with Gasteiger partial charge in [0.2, 0.25) is 0 Å². The molecule has 1 aromatic rings. The molecule has 0 aliphatic carbocycles. The molecular weight excluding hydrogens is 226 g/mol. The number of carbonyl (C=O) groups excluding carboxylic acids is 1. The van der Waals surface area contributed by atoms with E-state index in [0.717, 1.165) is 5.69 Å². The van der Waals surface area contributed by atoms with Gasteiger partial charge >= 0.3 is 0 Å². The molecule has 1 atom stereocenters. The van der Waals surface area contributed by atoms with Gasteiger partial charge in [-0.15, -0.1) is 0 Å². The van der Waals surface area contributed by atoms with Crippen molar-refractivity contribution >= 4 is 28.1 Å². The fraction of sp³-hybridized carbons (Fsp3) is 0.300. The van der Waals surface area contributed by atoms with E-state index in [4.69, 9.17) is 11.5 Å². The van der Waals surface area contributed by atoms with Gasteiger partial charge in [-0.05, 0) is 18.2 Å². The van der Waals surface area contributed by atoms with Crippen molar-refractivity contribution in [3.63, 3.8) is 0 Å². The monoisotopic (exact) mass is 241 g/mol. The van der Waals surface area contributed by atoms with Crippen molar-refractivity contribution in [2.75, 3.05) is 29.6 Å². The summed E-state index contributed by atoms with van der Waals surface area (Å²) in [5.74, 6) is -0.00349. The predicted octanol–water partition coefficient (Wildman–Crippen LogP) is 0.158. The first-order valence-corrected chi connectivity index (χ1v) is 6.46. The number of hydrogen-bond acceptors (Lipinski definition) is 4. The molecule has 1 unspecified atom stereocenters. The molecule has 5 nitrogen and oxygen atoms in total. The van der Waals surface area contributed by atoms with Gasteiger partial charge in [-0.3, -0.25) is 9.00 Å². The summed E-state index contributed by atoms with van der Waals surface area (Å²) in [7, 11) is -0.837. The minimum absolute atomic E-state index is 0.294. The quantitative estimate of drug-likeness (QED) is 0.639. The minimum Gasteiger partial charge on any atom is -0.398 e. The van der Waals surface area contributed by atoms with Crippen LogP contribution in [0.5, 0.6) is 0 Å². The summed E-state index contributed by atoms with van der Waals surface area (Å²) in [4.78, 5) is 11.0. The van der Waals surface area contributed by atoms with Crippen molar-refractivity contribution in [1.82, 2.24) is 0 Å². The second-order valence-corrected chi connectivity index (χ2v) is 4.93. The van der Waals surface area contributed by atoms with Crippen LogP contribution in [0.25, 0.3) is 0 Å². The topological polar surface area (TPSA) is 98.2 Å². The van der Waals surface area contributed by atoms with Crippen LogP contribution in [0.2, 0.25) is 0 Å². The highest BCUT2D eigenvalue weighted by molar-refractivity contribution is 7.84. The first-order valence-electron chi connectivity index (χ1n) is 4.74. The number of carbonyl (C=O) groups is 1. The second kappa shape index (κ2) is 5.50. The summed E-state index contributed by atoms with van der Waals surface area (Å²) in [5, 5.41) is 3.04. The number of nitrogen functional groups attached to an aromatic ring is 1. The first kappa shape index (κ1) is 12.5. The maximum atomic E-state index is 11.0. The Kier molecular flexibility index (Phi) is 4.30. The zero-order chi connectivity index (χ0) is 12.1. The van der Waals surface area contributed by atoms with Gasteiger partial charge < -0.3 is 16.8 Å². The van der Waals surface area contributed by atoms with Crippen molar-refractivity contribution < 1.29 is 9.00 Å². The molecule has 88 valence electrons. The molecule has 0 bridgehead atoms. The number of rotatable bonds is 5. The molecule has 0 saturated heterocycles. The standard InChI is InChI=1S/C10H15N3O2S/c1-16(15)5-4-13-7-2-3-9(11)8(6-7)10(12)14/h2-3,6,13H,4-5,11H2,1H3,(H2,12,14). The number of hydrogen-bond donors (Lipinski definition) is 3. The summed E-state index contributed by atoms with van der Waals surface area (Å²) in [6.07, 6.45) is 1.64. The zero-order valence-electron chi connectivity index (χ0n) is 9.03. The smallest absolute Gasteiger partial charge is 0.250 e. The molecule has 1 rings (SSSR count). The minimum atomic E-state index is -0.837. The number of amides is 1.